The number of aliphatic hydroxyl groups is 1. The molecular formula is C30H42F3N3O3. The highest BCUT2D eigenvalue weighted by atomic mass is 19.4. The predicted molar refractivity (Wildman–Crippen MR) is 148 cm³/mol. The molecule has 1 heterocycles. The van der Waals surface area contributed by atoms with E-state index in [9.17, 15) is 28.2 Å². The zero-order valence-corrected chi connectivity index (χ0v) is 23.4. The molecule has 3 N–H and O–H groups in total. The van der Waals surface area contributed by atoms with Crippen LogP contribution in [-0.2, 0) is 11.0 Å². The average molecular weight is 550 g/mol. The summed E-state index contributed by atoms with van der Waals surface area (Å²) in [7, 11) is 1.55. The van der Waals surface area contributed by atoms with Gasteiger partial charge in [-0.15, -0.1) is 0 Å². The van der Waals surface area contributed by atoms with Gasteiger partial charge < -0.3 is 20.4 Å². The van der Waals surface area contributed by atoms with Crippen molar-refractivity contribution in [2.24, 2.45) is 10.9 Å². The Morgan fingerprint density at radius 3 is 2.46 bits per heavy atom. The number of aliphatic imine (C=N–C) groups is 1. The molecule has 1 aromatic rings. The molecular weight excluding hydrogens is 507 g/mol. The third-order valence-electron chi connectivity index (χ3n) is 7.94. The Bertz CT molecular complexity index is 1100. The number of allylic oxidation sites excluding steroid dienone is 3. The minimum Gasteiger partial charge on any atom is -0.507 e. The number of nitrogens with one attached hydrogen (secondary N) is 1. The zero-order valence-electron chi connectivity index (χ0n) is 23.4. The second kappa shape index (κ2) is 13.5. The molecule has 2 aliphatic rings. The van der Waals surface area contributed by atoms with Crippen LogP contribution in [0, 0.1) is 5.92 Å². The highest BCUT2D eigenvalue weighted by Gasteiger charge is 2.32. The van der Waals surface area contributed by atoms with Crippen molar-refractivity contribution in [2.45, 2.75) is 90.5 Å². The van der Waals surface area contributed by atoms with Crippen molar-refractivity contribution < 1.29 is 28.2 Å². The summed E-state index contributed by atoms with van der Waals surface area (Å²) >= 11 is 0. The number of nitrogens with zero attached hydrogens (tertiary/aromatic N) is 2. The van der Waals surface area contributed by atoms with Gasteiger partial charge in [-0.05, 0) is 94.6 Å². The standard InChI is InChI=1S/C30H42F3N3O3/c1-5-19(2)26(15-20(3)29(34-4)25-13-10-22(17-27(25)38)30(31,32)33)35-23-7-6-14-36(18-23)28(39)16-21-8-11-24(37)12-9-21/h10,13,15,17,21,23-24,35,37-38H,5-9,11-12,14,16,18H2,1-4H3/b20-15-,26-19-,34-29+. The van der Waals surface area contributed by atoms with Crippen LogP contribution in [0.1, 0.15) is 83.3 Å². The van der Waals surface area contributed by atoms with Gasteiger partial charge in [0.15, 0.2) is 0 Å². The summed E-state index contributed by atoms with van der Waals surface area (Å²) in [6.07, 6.45) is 3.61. The molecule has 0 bridgehead atoms. The molecule has 1 aliphatic heterocycles. The maximum absolute atomic E-state index is 13.1. The Morgan fingerprint density at radius 2 is 1.87 bits per heavy atom. The lowest BCUT2D eigenvalue weighted by molar-refractivity contribution is -0.137. The first-order valence-electron chi connectivity index (χ1n) is 13.9. The quantitative estimate of drug-likeness (QED) is 0.275. The van der Waals surface area contributed by atoms with E-state index in [-0.39, 0.29) is 23.6 Å². The summed E-state index contributed by atoms with van der Waals surface area (Å²) in [6.45, 7) is 7.24. The number of phenols is 1. The van der Waals surface area contributed by atoms with E-state index in [1.54, 1.807) is 7.05 Å². The lowest BCUT2D eigenvalue weighted by atomic mass is 9.85. The maximum atomic E-state index is 13.1. The number of aromatic hydroxyl groups is 1. The van der Waals surface area contributed by atoms with Gasteiger partial charge in [-0.3, -0.25) is 9.79 Å². The van der Waals surface area contributed by atoms with Gasteiger partial charge in [0.05, 0.1) is 17.4 Å². The van der Waals surface area contributed by atoms with Crippen molar-refractivity contribution >= 4 is 11.6 Å². The molecule has 1 amide bonds. The van der Waals surface area contributed by atoms with Crippen molar-refractivity contribution in [3.8, 4) is 5.75 Å². The number of likely N-dealkylation sites (tertiary alicyclic amines) is 1. The molecule has 0 radical (unpaired) electrons. The van der Waals surface area contributed by atoms with Gasteiger partial charge in [0.2, 0.25) is 5.91 Å². The third kappa shape index (κ3) is 8.34. The molecule has 6 nitrogen and oxygen atoms in total. The van der Waals surface area contributed by atoms with E-state index in [2.05, 4.69) is 17.2 Å². The number of rotatable bonds is 8. The van der Waals surface area contributed by atoms with Crippen molar-refractivity contribution in [3.05, 3.63) is 52.2 Å². The highest BCUT2D eigenvalue weighted by molar-refractivity contribution is 6.14. The van der Waals surface area contributed by atoms with Crippen molar-refractivity contribution in [1.82, 2.24) is 10.2 Å². The Balaban J connectivity index is 1.73. The van der Waals surface area contributed by atoms with E-state index in [0.717, 1.165) is 74.9 Å². The number of carbonyl (C=O) groups excluding carboxylic acids is 1. The fraction of sp³-hybridized carbons (Fsp3) is 0.600. The largest absolute Gasteiger partial charge is 0.507 e. The second-order valence-corrected chi connectivity index (χ2v) is 10.9. The number of hydrogen-bond acceptors (Lipinski definition) is 5. The second-order valence-electron chi connectivity index (χ2n) is 10.9. The predicted octanol–water partition coefficient (Wildman–Crippen LogP) is 5.98. The van der Waals surface area contributed by atoms with Crippen LogP contribution in [0.3, 0.4) is 0 Å². The fourth-order valence-corrected chi connectivity index (χ4v) is 5.45. The first-order valence-corrected chi connectivity index (χ1v) is 13.9. The minimum absolute atomic E-state index is 0.0675. The number of hydrogen-bond donors (Lipinski definition) is 3. The van der Waals surface area contributed by atoms with Crippen molar-refractivity contribution in [3.63, 3.8) is 0 Å². The molecule has 1 saturated heterocycles. The molecule has 3 rings (SSSR count). The number of carbonyl (C=O) groups is 1. The Morgan fingerprint density at radius 1 is 1.18 bits per heavy atom. The Labute approximate surface area is 229 Å². The smallest absolute Gasteiger partial charge is 0.416 e. The number of halogens is 3. The first-order chi connectivity index (χ1) is 18.4. The molecule has 1 aromatic carbocycles. The summed E-state index contributed by atoms with van der Waals surface area (Å²) < 4.78 is 39.2. The van der Waals surface area contributed by atoms with Gasteiger partial charge in [0.1, 0.15) is 5.75 Å². The number of phenolic OH excluding ortho intramolecular Hbond substituents is 1. The van der Waals surface area contributed by atoms with Gasteiger partial charge in [-0.1, -0.05) is 12.5 Å². The SMILES string of the molecule is CC/C(C)=C(/C=C(C)\C(=N/C)c1ccc(C(F)(F)F)cc1O)NC1CCCN(C(=O)CC2CCC(O)CC2)C1. The van der Waals surface area contributed by atoms with E-state index in [1.165, 1.54) is 6.07 Å². The van der Waals surface area contributed by atoms with Crippen LogP contribution in [0.25, 0.3) is 0 Å². The Hall–Kier alpha value is -2.81. The lowest BCUT2D eigenvalue weighted by Gasteiger charge is -2.35. The number of alkyl halides is 3. The topological polar surface area (TPSA) is 85.2 Å². The van der Waals surface area contributed by atoms with Gasteiger partial charge in [-0.25, -0.2) is 0 Å². The first kappa shape index (κ1) is 30.7. The monoisotopic (exact) mass is 549 g/mol. The van der Waals surface area contributed by atoms with E-state index in [1.807, 2.05) is 24.8 Å². The van der Waals surface area contributed by atoms with Gasteiger partial charge in [0, 0.05) is 43.9 Å². The highest BCUT2D eigenvalue weighted by Crippen LogP contribution is 2.34. The zero-order chi connectivity index (χ0) is 28.7. The molecule has 2 fully saturated rings. The summed E-state index contributed by atoms with van der Waals surface area (Å²) in [5.41, 5.74) is 2.42. The third-order valence-corrected chi connectivity index (χ3v) is 7.94. The van der Waals surface area contributed by atoms with E-state index in [0.29, 0.717) is 30.2 Å². The average Bonchev–Trinajstić information content (AvgIpc) is 2.90. The summed E-state index contributed by atoms with van der Waals surface area (Å²) in [5.74, 6) is 0.0364. The van der Waals surface area contributed by atoms with Crippen LogP contribution in [0.15, 0.2) is 46.1 Å². The number of aliphatic hydroxyl groups excluding tert-OH is 1. The molecule has 9 heteroatoms. The summed E-state index contributed by atoms with van der Waals surface area (Å²) in [5, 5.41) is 23.7. The van der Waals surface area contributed by atoms with Crippen LogP contribution >= 0.6 is 0 Å². The van der Waals surface area contributed by atoms with Gasteiger partial charge >= 0.3 is 6.18 Å². The van der Waals surface area contributed by atoms with Crippen LogP contribution < -0.4 is 5.32 Å². The van der Waals surface area contributed by atoms with Crippen LogP contribution in [0.4, 0.5) is 13.2 Å². The van der Waals surface area contributed by atoms with Crippen molar-refractivity contribution in [1.29, 1.82) is 0 Å². The van der Waals surface area contributed by atoms with Crippen LogP contribution in [0.2, 0.25) is 0 Å². The van der Waals surface area contributed by atoms with Gasteiger partial charge in [0.25, 0.3) is 0 Å². The molecule has 1 unspecified atom stereocenters. The van der Waals surface area contributed by atoms with Crippen molar-refractivity contribution in [2.75, 3.05) is 20.1 Å². The summed E-state index contributed by atoms with van der Waals surface area (Å²) in [6, 6.07) is 2.99. The molecule has 0 spiro atoms. The molecule has 1 atom stereocenters. The van der Waals surface area contributed by atoms with E-state index < -0.39 is 17.5 Å². The minimum atomic E-state index is -4.54. The Kier molecular flexibility index (Phi) is 10.6. The van der Waals surface area contributed by atoms with Crippen LogP contribution in [-0.4, -0.2) is 59.0 Å². The molecule has 1 aliphatic carbocycles. The fourth-order valence-electron chi connectivity index (χ4n) is 5.45. The van der Waals surface area contributed by atoms with Gasteiger partial charge in [-0.2, -0.15) is 13.2 Å². The number of amides is 1. The molecule has 0 aromatic heterocycles. The summed E-state index contributed by atoms with van der Waals surface area (Å²) in [4.78, 5) is 19.3. The van der Waals surface area contributed by atoms with E-state index >= 15 is 0 Å². The number of benzene rings is 1. The van der Waals surface area contributed by atoms with Crippen LogP contribution in [0.5, 0.6) is 5.75 Å². The number of piperidine rings is 1. The lowest BCUT2D eigenvalue weighted by Crippen LogP contribution is -2.48. The maximum Gasteiger partial charge on any atom is 0.416 e. The molecule has 216 valence electrons. The normalized spacial score (nSPS) is 23.9. The van der Waals surface area contributed by atoms with E-state index in [4.69, 9.17) is 0 Å². The molecule has 39 heavy (non-hydrogen) atoms. The molecule has 1 saturated carbocycles.